The normalized spacial score (nSPS) is 23.9. The van der Waals surface area contributed by atoms with Gasteiger partial charge in [-0.15, -0.1) is 0 Å². The molecule has 2 atom stereocenters. The van der Waals surface area contributed by atoms with E-state index in [-0.39, 0.29) is 17.7 Å². The summed E-state index contributed by atoms with van der Waals surface area (Å²) in [6, 6.07) is 0. The van der Waals surface area contributed by atoms with Crippen molar-refractivity contribution in [2.75, 3.05) is 6.54 Å². The fourth-order valence-electron chi connectivity index (χ4n) is 2.83. The quantitative estimate of drug-likeness (QED) is 0.645. The highest BCUT2D eigenvalue weighted by atomic mass is 16.2. The summed E-state index contributed by atoms with van der Waals surface area (Å²) < 4.78 is 0. The molecular weight excluding hydrogens is 230 g/mol. The van der Waals surface area contributed by atoms with E-state index in [4.69, 9.17) is 11.5 Å². The molecule has 0 aromatic carbocycles. The molecule has 0 unspecified atom stereocenters. The van der Waals surface area contributed by atoms with E-state index in [0.29, 0.717) is 19.4 Å². The third kappa shape index (κ3) is 2.83. The molecule has 2 amide bonds. The molecule has 5 nitrogen and oxygen atoms in total. The minimum absolute atomic E-state index is 0.0631. The highest BCUT2D eigenvalue weighted by molar-refractivity contribution is 5.91. The van der Waals surface area contributed by atoms with Crippen LogP contribution in [0.25, 0.3) is 0 Å². The van der Waals surface area contributed by atoms with Gasteiger partial charge in [-0.2, -0.15) is 0 Å². The van der Waals surface area contributed by atoms with Crippen molar-refractivity contribution in [3.63, 3.8) is 0 Å². The van der Waals surface area contributed by atoms with Gasteiger partial charge in [0.05, 0.1) is 0 Å². The Balaban J connectivity index is 2.75. The zero-order valence-corrected chi connectivity index (χ0v) is 11.4. The second-order valence-electron chi connectivity index (χ2n) is 5.18. The van der Waals surface area contributed by atoms with Crippen LogP contribution >= 0.6 is 0 Å². The van der Waals surface area contributed by atoms with Crippen molar-refractivity contribution in [3.8, 4) is 0 Å². The minimum Gasteiger partial charge on any atom is -0.368 e. The number of amides is 2. The molecule has 104 valence electrons. The second kappa shape index (κ2) is 6.18. The molecule has 0 spiro atoms. The molecule has 1 aliphatic rings. The summed E-state index contributed by atoms with van der Waals surface area (Å²) in [7, 11) is 0. The highest BCUT2D eigenvalue weighted by Gasteiger charge is 2.39. The van der Waals surface area contributed by atoms with E-state index in [1.807, 2.05) is 13.8 Å². The molecule has 0 bridgehead atoms. The molecule has 5 heteroatoms. The van der Waals surface area contributed by atoms with Crippen LogP contribution in [0, 0.1) is 11.8 Å². The second-order valence-corrected chi connectivity index (χ2v) is 5.18. The van der Waals surface area contributed by atoms with Crippen LogP contribution in [0.15, 0.2) is 0 Å². The molecule has 18 heavy (non-hydrogen) atoms. The zero-order chi connectivity index (χ0) is 13.8. The Hall–Kier alpha value is -1.10. The van der Waals surface area contributed by atoms with Gasteiger partial charge in [-0.25, -0.2) is 0 Å². The van der Waals surface area contributed by atoms with Gasteiger partial charge in [0.1, 0.15) is 5.54 Å². The zero-order valence-electron chi connectivity index (χ0n) is 11.4. The standard InChI is InChI=1S/C13H25N3O2/c1-3-13(4-2,12(15)18)16-11(17)10-7-5-6-9(10)8-14/h9-10H,3-8,14H2,1-2H3,(H2,15,18)(H,16,17)/t9-,10-/m1/s1. The highest BCUT2D eigenvalue weighted by Crippen LogP contribution is 2.31. The number of nitrogens with two attached hydrogens (primary N) is 2. The number of carbonyl (C=O) groups excluding carboxylic acids is 2. The van der Waals surface area contributed by atoms with Gasteiger partial charge in [0.25, 0.3) is 0 Å². The molecule has 1 rings (SSSR count). The minimum atomic E-state index is -0.904. The SMILES string of the molecule is CCC(CC)(NC(=O)[C@@H]1CCC[C@@H]1CN)C(N)=O. The predicted octanol–water partition coefficient (Wildman–Crippen LogP) is 0.522. The van der Waals surface area contributed by atoms with E-state index in [1.165, 1.54) is 0 Å². The number of nitrogens with one attached hydrogen (secondary N) is 1. The largest absolute Gasteiger partial charge is 0.368 e. The molecule has 0 heterocycles. The molecule has 1 aliphatic carbocycles. The third-order valence-electron chi connectivity index (χ3n) is 4.34. The molecule has 0 aliphatic heterocycles. The van der Waals surface area contributed by atoms with Gasteiger partial charge >= 0.3 is 0 Å². The van der Waals surface area contributed by atoms with E-state index < -0.39 is 11.4 Å². The topological polar surface area (TPSA) is 98.2 Å². The lowest BCUT2D eigenvalue weighted by molar-refractivity contribution is -0.134. The van der Waals surface area contributed by atoms with Crippen molar-refractivity contribution in [3.05, 3.63) is 0 Å². The Morgan fingerprint density at radius 3 is 2.33 bits per heavy atom. The number of carbonyl (C=O) groups is 2. The first kappa shape index (κ1) is 15.0. The summed E-state index contributed by atoms with van der Waals surface area (Å²) in [5, 5.41) is 2.87. The fourth-order valence-corrected chi connectivity index (χ4v) is 2.83. The van der Waals surface area contributed by atoms with Crippen molar-refractivity contribution in [2.24, 2.45) is 23.3 Å². The molecule has 0 saturated heterocycles. The fraction of sp³-hybridized carbons (Fsp3) is 0.846. The predicted molar refractivity (Wildman–Crippen MR) is 70.5 cm³/mol. The summed E-state index contributed by atoms with van der Waals surface area (Å²) in [6.07, 6.45) is 3.92. The maximum atomic E-state index is 12.3. The lowest BCUT2D eigenvalue weighted by Crippen LogP contribution is -2.58. The van der Waals surface area contributed by atoms with Gasteiger partial charge in [-0.3, -0.25) is 9.59 Å². The average molecular weight is 255 g/mol. The monoisotopic (exact) mass is 255 g/mol. The molecule has 0 radical (unpaired) electrons. The van der Waals surface area contributed by atoms with Crippen molar-refractivity contribution in [1.29, 1.82) is 0 Å². The first-order chi connectivity index (χ1) is 8.50. The van der Waals surface area contributed by atoms with Gasteiger partial charge < -0.3 is 16.8 Å². The summed E-state index contributed by atoms with van der Waals surface area (Å²) in [6.45, 7) is 4.26. The van der Waals surface area contributed by atoms with Crippen LogP contribution in [0.2, 0.25) is 0 Å². The lowest BCUT2D eigenvalue weighted by atomic mass is 9.89. The Labute approximate surface area is 109 Å². The Morgan fingerprint density at radius 2 is 1.89 bits per heavy atom. The van der Waals surface area contributed by atoms with E-state index in [1.54, 1.807) is 0 Å². The van der Waals surface area contributed by atoms with Crippen molar-refractivity contribution in [2.45, 2.75) is 51.5 Å². The molecule has 1 saturated carbocycles. The summed E-state index contributed by atoms with van der Waals surface area (Å²) >= 11 is 0. The first-order valence-corrected chi connectivity index (χ1v) is 6.82. The van der Waals surface area contributed by atoms with Crippen molar-refractivity contribution in [1.82, 2.24) is 5.32 Å². The van der Waals surface area contributed by atoms with Gasteiger partial charge in [0.15, 0.2) is 0 Å². The van der Waals surface area contributed by atoms with Crippen LogP contribution in [-0.2, 0) is 9.59 Å². The number of primary amides is 1. The summed E-state index contributed by atoms with van der Waals surface area (Å²) in [5.41, 5.74) is 10.2. The molecule has 0 aromatic rings. The number of hydrogen-bond acceptors (Lipinski definition) is 3. The van der Waals surface area contributed by atoms with Crippen LogP contribution < -0.4 is 16.8 Å². The van der Waals surface area contributed by atoms with Gasteiger partial charge in [0.2, 0.25) is 11.8 Å². The van der Waals surface area contributed by atoms with E-state index in [9.17, 15) is 9.59 Å². The third-order valence-corrected chi connectivity index (χ3v) is 4.34. The lowest BCUT2D eigenvalue weighted by Gasteiger charge is -2.31. The number of hydrogen-bond donors (Lipinski definition) is 3. The Kier molecular flexibility index (Phi) is 5.14. The van der Waals surface area contributed by atoms with Crippen LogP contribution in [0.3, 0.4) is 0 Å². The molecule has 1 fully saturated rings. The first-order valence-electron chi connectivity index (χ1n) is 6.82. The number of rotatable bonds is 6. The van der Waals surface area contributed by atoms with Gasteiger partial charge in [0, 0.05) is 5.92 Å². The van der Waals surface area contributed by atoms with Crippen LogP contribution in [0.5, 0.6) is 0 Å². The molecule has 5 N–H and O–H groups in total. The Morgan fingerprint density at radius 1 is 1.28 bits per heavy atom. The summed E-state index contributed by atoms with van der Waals surface area (Å²) in [4.78, 5) is 23.8. The van der Waals surface area contributed by atoms with Crippen LogP contribution in [0.1, 0.15) is 46.0 Å². The van der Waals surface area contributed by atoms with Crippen LogP contribution in [-0.4, -0.2) is 23.9 Å². The van der Waals surface area contributed by atoms with E-state index >= 15 is 0 Å². The van der Waals surface area contributed by atoms with Crippen molar-refractivity contribution < 1.29 is 9.59 Å². The maximum Gasteiger partial charge on any atom is 0.243 e. The van der Waals surface area contributed by atoms with Crippen molar-refractivity contribution >= 4 is 11.8 Å². The Bertz CT molecular complexity index is 313. The summed E-state index contributed by atoms with van der Waals surface area (Å²) in [5.74, 6) is -0.343. The van der Waals surface area contributed by atoms with E-state index in [0.717, 1.165) is 19.3 Å². The maximum absolute atomic E-state index is 12.3. The van der Waals surface area contributed by atoms with E-state index in [2.05, 4.69) is 5.32 Å². The smallest absolute Gasteiger partial charge is 0.243 e. The average Bonchev–Trinajstić information content (AvgIpc) is 2.83. The van der Waals surface area contributed by atoms with Gasteiger partial charge in [-0.1, -0.05) is 20.3 Å². The van der Waals surface area contributed by atoms with Gasteiger partial charge in [-0.05, 0) is 38.1 Å². The van der Waals surface area contributed by atoms with Crippen LogP contribution in [0.4, 0.5) is 0 Å². The molecular formula is C13H25N3O2. The molecule has 0 aromatic heterocycles.